The molecule has 0 amide bonds. The molecule has 0 aromatic carbocycles. The lowest BCUT2D eigenvalue weighted by molar-refractivity contribution is -0.0291. The summed E-state index contributed by atoms with van der Waals surface area (Å²) < 4.78 is 11.0. The van der Waals surface area contributed by atoms with Crippen molar-refractivity contribution in [2.45, 2.75) is 57.6 Å². The smallest absolute Gasteiger partial charge is 0.0580 e. The first kappa shape index (κ1) is 13.3. The van der Waals surface area contributed by atoms with Crippen LogP contribution in [0.3, 0.4) is 0 Å². The summed E-state index contributed by atoms with van der Waals surface area (Å²) in [5.74, 6) is 1.63. The predicted molar refractivity (Wildman–Crippen MR) is 68.9 cm³/mol. The fraction of sp³-hybridized carbons (Fsp3) is 1.00. The minimum Gasteiger partial charge on any atom is -0.381 e. The molecule has 2 rings (SSSR count). The number of nitrogens with two attached hydrogens (primary N) is 1. The average Bonchev–Trinajstić information content (AvgIpc) is 2.27. The molecule has 2 fully saturated rings. The van der Waals surface area contributed by atoms with Gasteiger partial charge >= 0.3 is 0 Å². The van der Waals surface area contributed by atoms with Gasteiger partial charge in [-0.05, 0) is 57.3 Å². The van der Waals surface area contributed by atoms with Crippen molar-refractivity contribution in [1.29, 1.82) is 0 Å². The van der Waals surface area contributed by atoms with E-state index >= 15 is 0 Å². The molecule has 0 aromatic rings. The summed E-state index contributed by atoms with van der Waals surface area (Å²) in [5.41, 5.74) is 6.25. The van der Waals surface area contributed by atoms with Crippen LogP contribution in [-0.4, -0.2) is 32.0 Å². The van der Waals surface area contributed by atoms with E-state index in [0.717, 1.165) is 31.7 Å². The first-order chi connectivity index (χ1) is 8.28. The van der Waals surface area contributed by atoms with Crippen molar-refractivity contribution in [2.24, 2.45) is 17.6 Å². The molecule has 2 aliphatic rings. The van der Waals surface area contributed by atoms with E-state index in [-0.39, 0.29) is 0 Å². The van der Waals surface area contributed by atoms with Gasteiger partial charge in [0, 0.05) is 25.9 Å². The van der Waals surface area contributed by atoms with Gasteiger partial charge in [0.25, 0.3) is 0 Å². The third-order valence-corrected chi connectivity index (χ3v) is 4.21. The average molecular weight is 241 g/mol. The molecule has 0 spiro atoms. The molecule has 1 saturated heterocycles. The van der Waals surface area contributed by atoms with Crippen LogP contribution in [0.2, 0.25) is 0 Å². The Hall–Kier alpha value is -0.120. The van der Waals surface area contributed by atoms with Crippen LogP contribution in [0.15, 0.2) is 0 Å². The molecule has 1 aliphatic heterocycles. The minimum atomic E-state index is 0.394. The van der Waals surface area contributed by atoms with Crippen LogP contribution < -0.4 is 5.73 Å². The normalized spacial score (nSPS) is 32.1. The maximum atomic E-state index is 6.25. The van der Waals surface area contributed by atoms with Gasteiger partial charge in [-0.25, -0.2) is 0 Å². The van der Waals surface area contributed by atoms with Crippen molar-refractivity contribution in [3.8, 4) is 0 Å². The third kappa shape index (κ3) is 4.23. The van der Waals surface area contributed by atoms with Gasteiger partial charge in [0.1, 0.15) is 0 Å². The summed E-state index contributed by atoms with van der Waals surface area (Å²) in [4.78, 5) is 0. The van der Waals surface area contributed by atoms with Crippen LogP contribution in [0.25, 0.3) is 0 Å². The molecule has 3 nitrogen and oxygen atoms in total. The van der Waals surface area contributed by atoms with Gasteiger partial charge in [-0.15, -0.1) is 0 Å². The molecule has 0 radical (unpaired) electrons. The van der Waals surface area contributed by atoms with Gasteiger partial charge in [-0.2, -0.15) is 0 Å². The van der Waals surface area contributed by atoms with E-state index in [9.17, 15) is 0 Å². The molecule has 0 aromatic heterocycles. The molecule has 1 aliphatic carbocycles. The van der Waals surface area contributed by atoms with Crippen LogP contribution in [0, 0.1) is 11.8 Å². The highest BCUT2D eigenvalue weighted by molar-refractivity contribution is 4.84. The van der Waals surface area contributed by atoms with Gasteiger partial charge < -0.3 is 15.2 Å². The molecule has 100 valence electrons. The highest BCUT2D eigenvalue weighted by Gasteiger charge is 2.31. The fourth-order valence-corrected chi connectivity index (χ4v) is 3.17. The standard InChI is InChI=1S/C14H27NO2/c1-2-17-14-9-12(10-14)8-13(15)7-11-3-5-16-6-4-11/h11-14H,2-10,15H2,1H3. The third-order valence-electron chi connectivity index (χ3n) is 4.21. The molecule has 2 N–H and O–H groups in total. The molecule has 1 saturated carbocycles. The Bertz CT molecular complexity index is 210. The second-order valence-corrected chi connectivity index (χ2v) is 5.70. The Labute approximate surface area is 105 Å². The van der Waals surface area contributed by atoms with E-state index in [2.05, 4.69) is 6.92 Å². The lowest BCUT2D eigenvalue weighted by Crippen LogP contribution is -2.37. The molecule has 1 unspecified atom stereocenters. The zero-order valence-corrected chi connectivity index (χ0v) is 11.1. The quantitative estimate of drug-likeness (QED) is 0.776. The van der Waals surface area contributed by atoms with Crippen LogP contribution in [0.1, 0.15) is 45.4 Å². The summed E-state index contributed by atoms with van der Waals surface area (Å²) >= 11 is 0. The van der Waals surface area contributed by atoms with Crippen molar-refractivity contribution in [1.82, 2.24) is 0 Å². The van der Waals surface area contributed by atoms with E-state index in [0.29, 0.717) is 12.1 Å². The van der Waals surface area contributed by atoms with Crippen molar-refractivity contribution < 1.29 is 9.47 Å². The SMILES string of the molecule is CCOC1CC(CC(N)CC2CCOCC2)C1. The second kappa shape index (κ2) is 6.72. The number of rotatable bonds is 6. The molecular weight excluding hydrogens is 214 g/mol. The summed E-state index contributed by atoms with van der Waals surface area (Å²) in [6.07, 6.45) is 7.80. The van der Waals surface area contributed by atoms with Crippen molar-refractivity contribution in [2.75, 3.05) is 19.8 Å². The monoisotopic (exact) mass is 241 g/mol. The number of hydrogen-bond acceptors (Lipinski definition) is 3. The Morgan fingerprint density at radius 2 is 1.82 bits per heavy atom. The largest absolute Gasteiger partial charge is 0.381 e. The van der Waals surface area contributed by atoms with Crippen LogP contribution in [-0.2, 0) is 9.47 Å². The molecule has 17 heavy (non-hydrogen) atoms. The molecule has 1 heterocycles. The van der Waals surface area contributed by atoms with Gasteiger partial charge in [0.2, 0.25) is 0 Å². The first-order valence-corrected chi connectivity index (χ1v) is 7.22. The summed E-state index contributed by atoms with van der Waals surface area (Å²) in [6.45, 7) is 4.80. The maximum absolute atomic E-state index is 6.25. The highest BCUT2D eigenvalue weighted by Crippen LogP contribution is 2.34. The van der Waals surface area contributed by atoms with Gasteiger partial charge in [0.05, 0.1) is 6.10 Å². The lowest BCUT2D eigenvalue weighted by Gasteiger charge is -2.37. The minimum absolute atomic E-state index is 0.394. The van der Waals surface area contributed by atoms with E-state index in [4.69, 9.17) is 15.2 Å². The van der Waals surface area contributed by atoms with Crippen molar-refractivity contribution in [3.63, 3.8) is 0 Å². The summed E-state index contributed by atoms with van der Waals surface area (Å²) in [6, 6.07) is 0.394. The van der Waals surface area contributed by atoms with Gasteiger partial charge in [-0.1, -0.05) is 0 Å². The zero-order chi connectivity index (χ0) is 12.1. The lowest BCUT2D eigenvalue weighted by atomic mass is 9.76. The van der Waals surface area contributed by atoms with E-state index in [1.807, 2.05) is 0 Å². The summed E-state index contributed by atoms with van der Waals surface area (Å²) in [5, 5.41) is 0. The van der Waals surface area contributed by atoms with Crippen LogP contribution in [0.4, 0.5) is 0 Å². The number of hydrogen-bond donors (Lipinski definition) is 1. The topological polar surface area (TPSA) is 44.5 Å². The van der Waals surface area contributed by atoms with Crippen molar-refractivity contribution >= 4 is 0 Å². The Balaban J connectivity index is 1.56. The molecule has 1 atom stereocenters. The van der Waals surface area contributed by atoms with E-state index in [1.165, 1.54) is 38.5 Å². The highest BCUT2D eigenvalue weighted by atomic mass is 16.5. The predicted octanol–water partition coefficient (Wildman–Crippen LogP) is 2.34. The maximum Gasteiger partial charge on any atom is 0.0580 e. The Kier molecular flexibility index (Phi) is 5.26. The summed E-state index contributed by atoms with van der Waals surface area (Å²) in [7, 11) is 0. The van der Waals surface area contributed by atoms with Gasteiger partial charge in [0.15, 0.2) is 0 Å². The Morgan fingerprint density at radius 3 is 2.47 bits per heavy atom. The van der Waals surface area contributed by atoms with Crippen molar-refractivity contribution in [3.05, 3.63) is 0 Å². The molecule has 0 bridgehead atoms. The molecular formula is C14H27NO2. The Morgan fingerprint density at radius 1 is 1.18 bits per heavy atom. The zero-order valence-electron chi connectivity index (χ0n) is 11.1. The fourth-order valence-electron chi connectivity index (χ4n) is 3.17. The van der Waals surface area contributed by atoms with Gasteiger partial charge in [-0.3, -0.25) is 0 Å². The first-order valence-electron chi connectivity index (χ1n) is 7.22. The molecule has 3 heteroatoms. The van der Waals surface area contributed by atoms with E-state index in [1.54, 1.807) is 0 Å². The van der Waals surface area contributed by atoms with Crippen LogP contribution >= 0.6 is 0 Å². The number of ether oxygens (including phenoxy) is 2. The second-order valence-electron chi connectivity index (χ2n) is 5.70. The van der Waals surface area contributed by atoms with E-state index < -0.39 is 0 Å². The van der Waals surface area contributed by atoms with Crippen LogP contribution in [0.5, 0.6) is 0 Å².